The van der Waals surface area contributed by atoms with Gasteiger partial charge in [-0.2, -0.15) is 17.4 Å². The fraction of sp³-hybridized carbons (Fsp3) is 0.571. The Kier molecular flexibility index (Phi) is 5.79. The Morgan fingerprint density at radius 3 is 2.86 bits per heavy atom. The van der Waals surface area contributed by atoms with Crippen LogP contribution in [0.2, 0.25) is 0 Å². The van der Waals surface area contributed by atoms with Crippen LogP contribution in [0, 0.1) is 17.8 Å². The van der Waals surface area contributed by atoms with Gasteiger partial charge in [0.15, 0.2) is 0 Å². The van der Waals surface area contributed by atoms with E-state index in [0.717, 1.165) is 23.3 Å². The lowest BCUT2D eigenvalue weighted by molar-refractivity contribution is 0.285. The van der Waals surface area contributed by atoms with E-state index < -0.39 is 10.2 Å². The summed E-state index contributed by atoms with van der Waals surface area (Å²) in [7, 11) is -3.38. The lowest BCUT2D eigenvalue weighted by atomic mass is 10.0. The summed E-state index contributed by atoms with van der Waals surface area (Å²) < 4.78 is 28.6. The van der Waals surface area contributed by atoms with Crippen molar-refractivity contribution >= 4 is 21.5 Å². The number of piperidine rings is 1. The average Bonchev–Trinajstić information content (AvgIpc) is 2.91. The van der Waals surface area contributed by atoms with Gasteiger partial charge in [0, 0.05) is 35.5 Å². The Morgan fingerprint density at radius 1 is 1.48 bits per heavy atom. The molecule has 0 spiro atoms. The molecule has 0 unspecified atom stereocenters. The van der Waals surface area contributed by atoms with Crippen molar-refractivity contribution in [3.05, 3.63) is 21.9 Å². The van der Waals surface area contributed by atoms with Gasteiger partial charge in [0.1, 0.15) is 0 Å². The summed E-state index contributed by atoms with van der Waals surface area (Å²) in [6, 6.07) is 1.90. The van der Waals surface area contributed by atoms with Crippen molar-refractivity contribution < 1.29 is 8.42 Å². The van der Waals surface area contributed by atoms with Crippen molar-refractivity contribution in [1.82, 2.24) is 9.03 Å². The summed E-state index contributed by atoms with van der Waals surface area (Å²) in [6.45, 7) is 4.00. The van der Waals surface area contributed by atoms with E-state index in [1.807, 2.05) is 11.4 Å². The molecule has 0 aliphatic carbocycles. The second-order valence-corrected chi connectivity index (χ2v) is 7.97. The minimum absolute atomic E-state index is 0.309. The highest BCUT2D eigenvalue weighted by atomic mass is 32.2. The topological polar surface area (TPSA) is 75.4 Å². The molecule has 0 atom stereocenters. The first-order valence-electron chi connectivity index (χ1n) is 7.02. The Hall–Kier alpha value is -0.910. The predicted molar refractivity (Wildman–Crippen MR) is 86.0 cm³/mol. The first-order chi connectivity index (χ1) is 10.0. The highest BCUT2D eigenvalue weighted by Gasteiger charge is 2.25. The maximum Gasteiger partial charge on any atom is 0.279 e. The van der Waals surface area contributed by atoms with Crippen molar-refractivity contribution in [1.29, 1.82) is 0 Å². The van der Waals surface area contributed by atoms with Crippen LogP contribution in [0.1, 0.15) is 30.2 Å². The smallest absolute Gasteiger partial charge is 0.279 e. The molecule has 0 bridgehead atoms. The molecule has 1 saturated heterocycles. The zero-order valence-electron chi connectivity index (χ0n) is 12.1. The standard InChI is InChI=1S/C14H21N3O2S2/c1-12-4-7-17(8-5-12)21(18,19)16-10-14-9-13(11-20-14)3-2-6-15/h9,11-12,16H,4-8,10,15H2,1H3. The quantitative estimate of drug-likeness (QED) is 0.814. The van der Waals surface area contributed by atoms with E-state index in [9.17, 15) is 8.42 Å². The van der Waals surface area contributed by atoms with Gasteiger partial charge in [-0.3, -0.25) is 0 Å². The largest absolute Gasteiger partial charge is 0.320 e. The van der Waals surface area contributed by atoms with Gasteiger partial charge >= 0.3 is 0 Å². The van der Waals surface area contributed by atoms with Crippen molar-refractivity contribution in [2.24, 2.45) is 11.7 Å². The van der Waals surface area contributed by atoms with Crippen LogP contribution in [-0.2, 0) is 16.8 Å². The van der Waals surface area contributed by atoms with Crippen molar-refractivity contribution in [2.75, 3.05) is 19.6 Å². The summed E-state index contributed by atoms with van der Waals surface area (Å²) in [5.41, 5.74) is 6.20. The lowest BCUT2D eigenvalue weighted by Crippen LogP contribution is -2.44. The van der Waals surface area contributed by atoms with Crippen molar-refractivity contribution in [3.63, 3.8) is 0 Å². The van der Waals surface area contributed by atoms with Crippen LogP contribution < -0.4 is 10.5 Å². The fourth-order valence-corrected chi connectivity index (χ4v) is 4.23. The highest BCUT2D eigenvalue weighted by Crippen LogP contribution is 2.19. The van der Waals surface area contributed by atoms with Gasteiger partial charge < -0.3 is 5.73 Å². The maximum absolute atomic E-state index is 12.2. The number of nitrogens with two attached hydrogens (primary N) is 1. The molecule has 0 radical (unpaired) electrons. The van der Waals surface area contributed by atoms with E-state index >= 15 is 0 Å². The van der Waals surface area contributed by atoms with Crippen LogP contribution in [0.3, 0.4) is 0 Å². The number of nitrogens with one attached hydrogen (secondary N) is 1. The van der Waals surface area contributed by atoms with Gasteiger partial charge in [-0.25, -0.2) is 0 Å². The zero-order valence-corrected chi connectivity index (χ0v) is 13.8. The molecule has 1 aromatic heterocycles. The number of thiophene rings is 1. The molecule has 0 amide bonds. The lowest BCUT2D eigenvalue weighted by Gasteiger charge is -2.29. The van der Waals surface area contributed by atoms with Gasteiger partial charge in [-0.1, -0.05) is 18.8 Å². The molecule has 21 heavy (non-hydrogen) atoms. The second-order valence-electron chi connectivity index (χ2n) is 5.22. The predicted octanol–water partition coefficient (Wildman–Crippen LogP) is 1.12. The summed E-state index contributed by atoms with van der Waals surface area (Å²) in [4.78, 5) is 0.949. The van der Waals surface area contributed by atoms with Crippen LogP contribution >= 0.6 is 11.3 Å². The third kappa shape index (κ3) is 4.80. The zero-order chi connectivity index (χ0) is 15.3. The molecule has 7 heteroatoms. The third-order valence-corrected chi connectivity index (χ3v) is 5.99. The molecule has 5 nitrogen and oxygen atoms in total. The van der Waals surface area contributed by atoms with E-state index in [2.05, 4.69) is 23.5 Å². The van der Waals surface area contributed by atoms with Crippen LogP contribution in [-0.4, -0.2) is 32.4 Å². The molecule has 2 heterocycles. The van der Waals surface area contributed by atoms with E-state index in [-0.39, 0.29) is 0 Å². The second kappa shape index (κ2) is 7.38. The Balaban J connectivity index is 1.91. The van der Waals surface area contributed by atoms with Gasteiger partial charge in [-0.05, 0) is 24.8 Å². The molecule has 116 valence electrons. The minimum atomic E-state index is -3.38. The molecule has 1 aromatic rings. The van der Waals surface area contributed by atoms with Gasteiger partial charge in [-0.15, -0.1) is 11.3 Å². The first-order valence-corrected chi connectivity index (χ1v) is 9.34. The number of rotatable bonds is 4. The van der Waals surface area contributed by atoms with Crippen LogP contribution in [0.25, 0.3) is 0 Å². The number of nitrogens with zero attached hydrogens (tertiary/aromatic N) is 1. The number of hydrogen-bond donors (Lipinski definition) is 2. The SMILES string of the molecule is CC1CCN(S(=O)(=O)NCc2cc(C#CCN)cs2)CC1. The van der Waals surface area contributed by atoms with E-state index in [1.165, 1.54) is 15.6 Å². The molecule has 3 N–H and O–H groups in total. The molecular formula is C14H21N3O2S2. The Bertz CT molecular complexity index is 620. The van der Waals surface area contributed by atoms with E-state index in [0.29, 0.717) is 32.1 Å². The van der Waals surface area contributed by atoms with Gasteiger partial charge in [0.05, 0.1) is 6.54 Å². The summed E-state index contributed by atoms with van der Waals surface area (Å²) in [5.74, 6) is 6.33. The maximum atomic E-state index is 12.2. The molecule has 1 aliphatic rings. The molecule has 0 aromatic carbocycles. The molecular weight excluding hydrogens is 306 g/mol. The summed E-state index contributed by atoms with van der Waals surface area (Å²) >= 11 is 1.50. The Morgan fingerprint density at radius 2 is 2.19 bits per heavy atom. The highest BCUT2D eigenvalue weighted by molar-refractivity contribution is 7.87. The molecule has 2 rings (SSSR count). The van der Waals surface area contributed by atoms with Crippen molar-refractivity contribution in [3.8, 4) is 11.8 Å². The third-order valence-electron chi connectivity index (χ3n) is 3.50. The Labute approximate surface area is 130 Å². The summed E-state index contributed by atoms with van der Waals surface area (Å²) in [6.07, 6.45) is 1.86. The fourth-order valence-electron chi connectivity index (χ4n) is 2.17. The molecule has 1 fully saturated rings. The van der Waals surface area contributed by atoms with Gasteiger partial charge in [0.2, 0.25) is 0 Å². The monoisotopic (exact) mass is 327 g/mol. The minimum Gasteiger partial charge on any atom is -0.320 e. The van der Waals surface area contributed by atoms with Crippen LogP contribution in [0.5, 0.6) is 0 Å². The van der Waals surface area contributed by atoms with Gasteiger partial charge in [0.25, 0.3) is 10.2 Å². The van der Waals surface area contributed by atoms with Crippen LogP contribution in [0.15, 0.2) is 11.4 Å². The van der Waals surface area contributed by atoms with Crippen LogP contribution in [0.4, 0.5) is 0 Å². The normalized spacial score (nSPS) is 17.4. The molecule has 1 aliphatic heterocycles. The van der Waals surface area contributed by atoms with E-state index in [4.69, 9.17) is 5.73 Å². The first kappa shape index (κ1) is 16.5. The number of hydrogen-bond acceptors (Lipinski definition) is 4. The molecule has 0 saturated carbocycles. The van der Waals surface area contributed by atoms with Crippen molar-refractivity contribution in [2.45, 2.75) is 26.3 Å². The summed E-state index contributed by atoms with van der Waals surface area (Å²) in [5, 5.41) is 1.91. The average molecular weight is 327 g/mol. The van der Waals surface area contributed by atoms with E-state index in [1.54, 1.807) is 0 Å².